The lowest BCUT2D eigenvalue weighted by molar-refractivity contribution is 0.496. The van der Waals surface area contributed by atoms with E-state index in [0.29, 0.717) is 0 Å². The maximum atomic E-state index is 6.43. The molecule has 1 heterocycles. The van der Waals surface area contributed by atoms with Crippen LogP contribution < -0.4 is 5.73 Å². The van der Waals surface area contributed by atoms with Crippen molar-refractivity contribution in [2.45, 2.75) is 52.5 Å². The zero-order valence-electron chi connectivity index (χ0n) is 12.6. The van der Waals surface area contributed by atoms with E-state index in [4.69, 9.17) is 10.2 Å². The third-order valence-corrected chi connectivity index (χ3v) is 4.61. The van der Waals surface area contributed by atoms with Gasteiger partial charge in [0.2, 0.25) is 0 Å². The minimum atomic E-state index is 0.0203. The van der Waals surface area contributed by atoms with Gasteiger partial charge in [0.1, 0.15) is 11.5 Å². The Morgan fingerprint density at radius 2 is 1.85 bits per heavy atom. The second-order valence-electron chi connectivity index (χ2n) is 6.02. The molecule has 1 unspecified atom stereocenters. The molecule has 3 rings (SSSR count). The molecular weight excluding hydrogens is 246 g/mol. The normalized spacial score (nSPS) is 15.4. The van der Waals surface area contributed by atoms with Crippen molar-refractivity contribution >= 4 is 0 Å². The van der Waals surface area contributed by atoms with Crippen molar-refractivity contribution in [3.05, 3.63) is 57.5 Å². The Balaban J connectivity index is 1.84. The van der Waals surface area contributed by atoms with E-state index in [1.165, 1.54) is 47.1 Å². The lowest BCUT2D eigenvalue weighted by Gasteiger charge is -2.13. The van der Waals surface area contributed by atoms with Gasteiger partial charge < -0.3 is 10.2 Å². The van der Waals surface area contributed by atoms with Crippen LogP contribution >= 0.6 is 0 Å². The molecule has 1 aromatic carbocycles. The molecule has 0 radical (unpaired) electrons. The standard InChI is InChI=1S/C18H23NO/c1-11-12(2)20-13(3)18(11)17(19)10-14-7-8-15-5-4-6-16(15)9-14/h7-9,17H,4-6,10,19H2,1-3H3. The van der Waals surface area contributed by atoms with Gasteiger partial charge in [-0.05, 0) is 68.7 Å². The molecule has 0 fully saturated rings. The molecule has 2 nitrogen and oxygen atoms in total. The monoisotopic (exact) mass is 269 g/mol. The van der Waals surface area contributed by atoms with Crippen molar-refractivity contribution in [3.8, 4) is 0 Å². The van der Waals surface area contributed by atoms with E-state index in [2.05, 4.69) is 25.1 Å². The summed E-state index contributed by atoms with van der Waals surface area (Å²) in [6.07, 6.45) is 4.64. The molecule has 1 aliphatic rings. The summed E-state index contributed by atoms with van der Waals surface area (Å²) >= 11 is 0. The van der Waals surface area contributed by atoms with E-state index in [-0.39, 0.29) is 6.04 Å². The summed E-state index contributed by atoms with van der Waals surface area (Å²) in [6, 6.07) is 6.89. The quantitative estimate of drug-likeness (QED) is 0.916. The van der Waals surface area contributed by atoms with Gasteiger partial charge in [-0.25, -0.2) is 0 Å². The highest BCUT2D eigenvalue weighted by Gasteiger charge is 2.19. The number of furan rings is 1. The van der Waals surface area contributed by atoms with Gasteiger partial charge in [-0.15, -0.1) is 0 Å². The first-order valence-electron chi connectivity index (χ1n) is 7.49. The molecule has 2 aromatic rings. The third kappa shape index (κ3) is 2.29. The maximum Gasteiger partial charge on any atom is 0.106 e. The molecule has 0 bridgehead atoms. The van der Waals surface area contributed by atoms with E-state index in [1.807, 2.05) is 13.8 Å². The molecule has 0 aliphatic heterocycles. The second-order valence-corrected chi connectivity index (χ2v) is 6.02. The first kappa shape index (κ1) is 13.4. The summed E-state index contributed by atoms with van der Waals surface area (Å²) < 4.78 is 5.70. The van der Waals surface area contributed by atoms with Crippen molar-refractivity contribution in [2.75, 3.05) is 0 Å². The van der Waals surface area contributed by atoms with Crippen molar-refractivity contribution < 1.29 is 4.42 Å². The van der Waals surface area contributed by atoms with Crippen LogP contribution in [0, 0.1) is 20.8 Å². The number of nitrogens with two attached hydrogens (primary N) is 1. The highest BCUT2D eigenvalue weighted by Crippen LogP contribution is 2.29. The van der Waals surface area contributed by atoms with Gasteiger partial charge in [-0.2, -0.15) is 0 Å². The van der Waals surface area contributed by atoms with Crippen LogP contribution in [0.25, 0.3) is 0 Å². The van der Waals surface area contributed by atoms with Crippen molar-refractivity contribution in [3.63, 3.8) is 0 Å². The van der Waals surface area contributed by atoms with Gasteiger partial charge in [0.25, 0.3) is 0 Å². The predicted molar refractivity (Wildman–Crippen MR) is 82.0 cm³/mol. The molecule has 1 aromatic heterocycles. The summed E-state index contributed by atoms with van der Waals surface area (Å²) in [4.78, 5) is 0. The molecule has 1 aliphatic carbocycles. The number of fused-ring (bicyclic) bond motifs is 1. The van der Waals surface area contributed by atoms with Gasteiger partial charge in [-0.1, -0.05) is 18.2 Å². The van der Waals surface area contributed by atoms with Gasteiger partial charge in [0.15, 0.2) is 0 Å². The Labute approximate surface area is 121 Å². The van der Waals surface area contributed by atoms with Gasteiger partial charge in [-0.3, -0.25) is 0 Å². The van der Waals surface area contributed by atoms with E-state index in [0.717, 1.165) is 17.9 Å². The highest BCUT2D eigenvalue weighted by atomic mass is 16.3. The largest absolute Gasteiger partial charge is 0.466 e. The van der Waals surface area contributed by atoms with Crippen LogP contribution in [0.4, 0.5) is 0 Å². The fourth-order valence-corrected chi connectivity index (χ4v) is 3.46. The van der Waals surface area contributed by atoms with Crippen LogP contribution in [0.2, 0.25) is 0 Å². The number of benzene rings is 1. The topological polar surface area (TPSA) is 39.2 Å². The van der Waals surface area contributed by atoms with Crippen LogP contribution in [0.1, 0.15) is 51.8 Å². The molecule has 0 amide bonds. The van der Waals surface area contributed by atoms with Crippen molar-refractivity contribution in [1.82, 2.24) is 0 Å². The van der Waals surface area contributed by atoms with E-state index < -0.39 is 0 Å². The molecule has 2 N–H and O–H groups in total. The Bertz CT molecular complexity index is 639. The van der Waals surface area contributed by atoms with Crippen LogP contribution in [-0.2, 0) is 19.3 Å². The Morgan fingerprint density at radius 1 is 1.10 bits per heavy atom. The number of hydrogen-bond donors (Lipinski definition) is 1. The molecule has 1 atom stereocenters. The van der Waals surface area contributed by atoms with Crippen molar-refractivity contribution in [1.29, 1.82) is 0 Å². The number of aryl methyl sites for hydroxylation is 4. The van der Waals surface area contributed by atoms with Crippen molar-refractivity contribution in [2.24, 2.45) is 5.73 Å². The van der Waals surface area contributed by atoms with Gasteiger partial charge in [0.05, 0.1) is 0 Å². The fourth-order valence-electron chi connectivity index (χ4n) is 3.46. The molecule has 0 saturated carbocycles. The zero-order valence-corrected chi connectivity index (χ0v) is 12.6. The number of rotatable bonds is 3. The van der Waals surface area contributed by atoms with Crippen LogP contribution in [-0.4, -0.2) is 0 Å². The van der Waals surface area contributed by atoms with Crippen LogP contribution in [0.3, 0.4) is 0 Å². The summed E-state index contributed by atoms with van der Waals surface area (Å²) in [5.74, 6) is 1.95. The highest BCUT2D eigenvalue weighted by molar-refractivity contribution is 5.38. The first-order valence-corrected chi connectivity index (χ1v) is 7.49. The Kier molecular flexibility index (Phi) is 3.43. The summed E-state index contributed by atoms with van der Waals surface area (Å²) in [7, 11) is 0. The Hall–Kier alpha value is -1.54. The SMILES string of the molecule is Cc1oc(C)c(C(N)Cc2ccc3c(c2)CCC3)c1C. The lowest BCUT2D eigenvalue weighted by atomic mass is 9.95. The van der Waals surface area contributed by atoms with Gasteiger partial charge in [0, 0.05) is 11.6 Å². The molecule has 0 spiro atoms. The molecule has 2 heteroatoms. The first-order chi connectivity index (χ1) is 9.56. The number of hydrogen-bond acceptors (Lipinski definition) is 2. The molecular formula is C18H23NO. The average Bonchev–Trinajstić information content (AvgIpc) is 2.94. The minimum Gasteiger partial charge on any atom is -0.466 e. The summed E-state index contributed by atoms with van der Waals surface area (Å²) in [5, 5.41) is 0. The summed E-state index contributed by atoms with van der Waals surface area (Å²) in [5.41, 5.74) is 13.2. The third-order valence-electron chi connectivity index (χ3n) is 4.61. The minimum absolute atomic E-state index is 0.0203. The van der Waals surface area contributed by atoms with Crippen LogP contribution in [0.5, 0.6) is 0 Å². The molecule has 106 valence electrons. The fraction of sp³-hybridized carbons (Fsp3) is 0.444. The molecule has 20 heavy (non-hydrogen) atoms. The van der Waals surface area contributed by atoms with E-state index >= 15 is 0 Å². The second kappa shape index (κ2) is 5.10. The van der Waals surface area contributed by atoms with E-state index in [9.17, 15) is 0 Å². The van der Waals surface area contributed by atoms with E-state index in [1.54, 1.807) is 0 Å². The molecule has 0 saturated heterocycles. The average molecular weight is 269 g/mol. The zero-order chi connectivity index (χ0) is 14.3. The maximum absolute atomic E-state index is 6.43. The van der Waals surface area contributed by atoms with Crippen LogP contribution in [0.15, 0.2) is 22.6 Å². The van der Waals surface area contributed by atoms with Gasteiger partial charge >= 0.3 is 0 Å². The summed E-state index contributed by atoms with van der Waals surface area (Å²) in [6.45, 7) is 6.12. The smallest absolute Gasteiger partial charge is 0.106 e. The lowest BCUT2D eigenvalue weighted by Crippen LogP contribution is -2.15. The Morgan fingerprint density at radius 3 is 2.55 bits per heavy atom. The predicted octanol–water partition coefficient (Wildman–Crippen LogP) is 3.94.